The molecule has 0 unspecified atom stereocenters. The van der Waals surface area contributed by atoms with Gasteiger partial charge < -0.3 is 15.2 Å². The summed E-state index contributed by atoms with van der Waals surface area (Å²) in [5.74, 6) is -3.18. The minimum Gasteiger partial charge on any atom is -0.459 e. The number of hydrogen-bond donors (Lipinski definition) is 1. The zero-order chi connectivity index (χ0) is 17.1. The molecule has 0 aliphatic heterocycles. The second kappa shape index (κ2) is 6.74. The number of hydrogen-bond acceptors (Lipinski definition) is 7. The SMILES string of the molecule is CC(C)(C)OC(=O)CS(=O)(=O)C[C@H](N)C(=O)OC(C)(C)C. The van der Waals surface area contributed by atoms with Gasteiger partial charge in [-0.25, -0.2) is 8.42 Å². The van der Waals surface area contributed by atoms with E-state index in [1.165, 1.54) is 0 Å². The smallest absolute Gasteiger partial charge is 0.324 e. The van der Waals surface area contributed by atoms with Gasteiger partial charge in [0.25, 0.3) is 0 Å². The van der Waals surface area contributed by atoms with Gasteiger partial charge in [-0.2, -0.15) is 0 Å². The van der Waals surface area contributed by atoms with Crippen LogP contribution in [0.5, 0.6) is 0 Å². The van der Waals surface area contributed by atoms with E-state index in [2.05, 4.69) is 0 Å². The molecule has 124 valence electrons. The fourth-order valence-electron chi connectivity index (χ4n) is 1.33. The summed E-state index contributed by atoms with van der Waals surface area (Å²) in [5, 5.41) is 0. The average molecular weight is 323 g/mol. The number of nitrogens with two attached hydrogens (primary N) is 1. The van der Waals surface area contributed by atoms with Crippen molar-refractivity contribution in [2.45, 2.75) is 58.8 Å². The van der Waals surface area contributed by atoms with Gasteiger partial charge in [0, 0.05) is 0 Å². The summed E-state index contributed by atoms with van der Waals surface area (Å²) in [4.78, 5) is 23.1. The maximum absolute atomic E-state index is 11.8. The van der Waals surface area contributed by atoms with E-state index in [1.54, 1.807) is 41.5 Å². The van der Waals surface area contributed by atoms with Crippen LogP contribution in [0.3, 0.4) is 0 Å². The van der Waals surface area contributed by atoms with E-state index < -0.39 is 50.5 Å². The van der Waals surface area contributed by atoms with Crippen LogP contribution in [0.25, 0.3) is 0 Å². The Bertz CT molecular complexity index is 484. The van der Waals surface area contributed by atoms with Crippen molar-refractivity contribution in [2.75, 3.05) is 11.5 Å². The van der Waals surface area contributed by atoms with Crippen LogP contribution in [0.1, 0.15) is 41.5 Å². The molecule has 0 saturated carbocycles. The molecule has 7 nitrogen and oxygen atoms in total. The van der Waals surface area contributed by atoms with Crippen LogP contribution >= 0.6 is 0 Å². The Balaban J connectivity index is 4.61. The summed E-state index contributed by atoms with van der Waals surface area (Å²) in [6.45, 7) is 9.82. The zero-order valence-corrected chi connectivity index (χ0v) is 14.2. The first kappa shape index (κ1) is 19.9. The zero-order valence-electron chi connectivity index (χ0n) is 13.4. The van der Waals surface area contributed by atoms with Gasteiger partial charge in [-0.3, -0.25) is 9.59 Å². The lowest BCUT2D eigenvalue weighted by Crippen LogP contribution is -2.43. The number of esters is 2. The van der Waals surface area contributed by atoms with E-state index in [0.29, 0.717) is 0 Å². The molecular weight excluding hydrogens is 298 g/mol. The van der Waals surface area contributed by atoms with E-state index in [-0.39, 0.29) is 0 Å². The van der Waals surface area contributed by atoms with E-state index in [0.717, 1.165) is 0 Å². The Hall–Kier alpha value is -1.15. The number of carbonyl (C=O) groups excluding carboxylic acids is 2. The van der Waals surface area contributed by atoms with Gasteiger partial charge in [0.05, 0.1) is 5.75 Å². The first-order chi connectivity index (χ1) is 9.11. The molecule has 0 amide bonds. The monoisotopic (exact) mass is 323 g/mol. The van der Waals surface area contributed by atoms with Gasteiger partial charge in [0.1, 0.15) is 23.0 Å². The lowest BCUT2D eigenvalue weighted by molar-refractivity contribution is -0.156. The summed E-state index contributed by atoms with van der Waals surface area (Å²) >= 11 is 0. The van der Waals surface area contributed by atoms with Crippen molar-refractivity contribution in [2.24, 2.45) is 5.73 Å². The predicted molar refractivity (Wildman–Crippen MR) is 78.3 cm³/mol. The maximum Gasteiger partial charge on any atom is 0.324 e. The highest BCUT2D eigenvalue weighted by Gasteiger charge is 2.29. The molecule has 0 radical (unpaired) electrons. The number of rotatable bonds is 5. The van der Waals surface area contributed by atoms with Crippen molar-refractivity contribution in [1.82, 2.24) is 0 Å². The minimum atomic E-state index is -3.85. The molecule has 0 spiro atoms. The molecule has 0 aliphatic rings. The quantitative estimate of drug-likeness (QED) is 0.729. The molecule has 0 rings (SSSR count). The molecule has 1 atom stereocenters. The van der Waals surface area contributed by atoms with E-state index in [1.807, 2.05) is 0 Å². The van der Waals surface area contributed by atoms with Crippen LogP contribution in [-0.2, 0) is 28.9 Å². The van der Waals surface area contributed by atoms with Gasteiger partial charge in [0.2, 0.25) is 0 Å². The highest BCUT2D eigenvalue weighted by Crippen LogP contribution is 2.10. The molecule has 8 heteroatoms. The third-order valence-electron chi connectivity index (χ3n) is 1.90. The molecule has 0 bridgehead atoms. The summed E-state index contributed by atoms with van der Waals surface area (Å²) in [5.41, 5.74) is 3.97. The van der Waals surface area contributed by atoms with Crippen LogP contribution in [0.2, 0.25) is 0 Å². The Labute approximate surface area is 126 Å². The van der Waals surface area contributed by atoms with E-state index in [4.69, 9.17) is 15.2 Å². The average Bonchev–Trinajstić information content (AvgIpc) is 2.08. The Morgan fingerprint density at radius 1 is 1.00 bits per heavy atom. The molecule has 0 saturated heterocycles. The standard InChI is InChI=1S/C13H25NO6S/c1-12(2,3)19-10(15)8-21(17,18)7-9(14)11(16)20-13(4,5)6/h9H,7-8,14H2,1-6H3/t9-/m0/s1. The van der Waals surface area contributed by atoms with Crippen molar-refractivity contribution in [3.05, 3.63) is 0 Å². The van der Waals surface area contributed by atoms with Crippen LogP contribution in [0, 0.1) is 0 Å². The molecular formula is C13H25NO6S. The van der Waals surface area contributed by atoms with Crippen molar-refractivity contribution >= 4 is 21.8 Å². The highest BCUT2D eigenvalue weighted by atomic mass is 32.2. The first-order valence-corrected chi connectivity index (χ1v) is 8.34. The number of ether oxygens (including phenoxy) is 2. The Morgan fingerprint density at radius 3 is 1.81 bits per heavy atom. The third kappa shape index (κ3) is 10.3. The fourth-order valence-corrected chi connectivity index (χ4v) is 2.55. The maximum atomic E-state index is 11.8. The van der Waals surface area contributed by atoms with Gasteiger partial charge in [-0.05, 0) is 41.5 Å². The van der Waals surface area contributed by atoms with E-state index >= 15 is 0 Å². The lowest BCUT2D eigenvalue weighted by Gasteiger charge is -2.22. The molecule has 0 heterocycles. The van der Waals surface area contributed by atoms with Gasteiger partial charge in [-0.15, -0.1) is 0 Å². The summed E-state index contributed by atoms with van der Waals surface area (Å²) < 4.78 is 33.5. The van der Waals surface area contributed by atoms with Crippen molar-refractivity contribution in [3.8, 4) is 0 Å². The third-order valence-corrected chi connectivity index (χ3v) is 3.44. The number of carbonyl (C=O) groups is 2. The van der Waals surface area contributed by atoms with Crippen LogP contribution < -0.4 is 5.73 Å². The van der Waals surface area contributed by atoms with Crippen LogP contribution in [-0.4, -0.2) is 49.1 Å². The normalized spacial score (nSPS) is 14.4. The summed E-state index contributed by atoms with van der Waals surface area (Å²) in [7, 11) is -3.85. The second-order valence-electron chi connectivity index (χ2n) is 6.78. The molecule has 0 aromatic rings. The van der Waals surface area contributed by atoms with Crippen molar-refractivity contribution < 1.29 is 27.5 Å². The Kier molecular flexibility index (Phi) is 6.37. The minimum absolute atomic E-state index is 0.666. The molecule has 2 N–H and O–H groups in total. The topological polar surface area (TPSA) is 113 Å². The summed E-state index contributed by atoms with van der Waals surface area (Å²) in [6, 6.07) is -1.34. The molecule has 0 aliphatic carbocycles. The highest BCUT2D eigenvalue weighted by molar-refractivity contribution is 7.92. The second-order valence-corrected chi connectivity index (χ2v) is 8.89. The molecule has 21 heavy (non-hydrogen) atoms. The predicted octanol–water partition coefficient (Wildman–Crippen LogP) is 0.412. The molecule has 0 aromatic carbocycles. The largest absolute Gasteiger partial charge is 0.459 e. The molecule has 0 fully saturated rings. The van der Waals surface area contributed by atoms with Crippen LogP contribution in [0.4, 0.5) is 0 Å². The van der Waals surface area contributed by atoms with E-state index in [9.17, 15) is 18.0 Å². The van der Waals surface area contributed by atoms with Crippen molar-refractivity contribution in [3.63, 3.8) is 0 Å². The first-order valence-electron chi connectivity index (χ1n) is 6.52. The molecule has 0 aromatic heterocycles. The fraction of sp³-hybridized carbons (Fsp3) is 0.846. The van der Waals surface area contributed by atoms with Crippen LogP contribution in [0.15, 0.2) is 0 Å². The van der Waals surface area contributed by atoms with Gasteiger partial charge in [-0.1, -0.05) is 0 Å². The van der Waals surface area contributed by atoms with Gasteiger partial charge in [0.15, 0.2) is 9.84 Å². The van der Waals surface area contributed by atoms with Gasteiger partial charge >= 0.3 is 11.9 Å². The summed E-state index contributed by atoms with van der Waals surface area (Å²) in [6.07, 6.45) is 0. The van der Waals surface area contributed by atoms with Crippen molar-refractivity contribution in [1.29, 1.82) is 0 Å². The number of sulfone groups is 1. The lowest BCUT2D eigenvalue weighted by atomic mass is 10.2. The Morgan fingerprint density at radius 2 is 1.43 bits per heavy atom.